The molecule has 0 N–H and O–H groups in total. The van der Waals surface area contributed by atoms with Gasteiger partial charge in [0.15, 0.2) is 5.16 Å². The molecule has 1 fully saturated rings. The van der Waals surface area contributed by atoms with Crippen LogP contribution in [0.5, 0.6) is 0 Å². The van der Waals surface area contributed by atoms with Crippen molar-refractivity contribution in [3.63, 3.8) is 0 Å². The fourth-order valence-corrected chi connectivity index (χ4v) is 5.46. The Morgan fingerprint density at radius 1 is 0.900 bits per heavy atom. The Morgan fingerprint density at radius 2 is 1.63 bits per heavy atom. The van der Waals surface area contributed by atoms with Crippen LogP contribution in [-0.4, -0.2) is 33.4 Å². The van der Waals surface area contributed by atoms with Crippen LogP contribution in [0, 0.1) is 0 Å². The van der Waals surface area contributed by atoms with Gasteiger partial charge in [-0.2, -0.15) is 0 Å². The number of aromatic nitrogens is 2. The lowest BCUT2D eigenvalue weighted by atomic mass is 10.0. The van der Waals surface area contributed by atoms with E-state index in [0.29, 0.717) is 0 Å². The smallest absolute Gasteiger partial charge is 0.253 e. The minimum absolute atomic E-state index is 0.166. The monoisotopic (exact) mass is 417 g/mol. The predicted molar refractivity (Wildman–Crippen MR) is 121 cm³/mol. The summed E-state index contributed by atoms with van der Waals surface area (Å²) >= 11 is 1.78. The summed E-state index contributed by atoms with van der Waals surface area (Å²) in [5, 5.41) is 1.07. The van der Waals surface area contributed by atoms with Crippen LogP contribution in [0.3, 0.4) is 0 Å². The van der Waals surface area contributed by atoms with E-state index < -0.39 is 0 Å². The molecule has 0 atom stereocenters. The summed E-state index contributed by atoms with van der Waals surface area (Å²) in [6.45, 7) is 1.78. The number of hydrogen-bond acceptors (Lipinski definition) is 3. The standard InChI is InChI=1S/C25H27N3OS/c29-24(27-16-6-7-17-27)20-14-12-19(13-15-20)18-30-25-26-22-10-4-5-11-23(22)28(25)21-8-2-1-3-9-21/h1-3,8-9,12-15H,4-7,10-11,16-18H2. The van der Waals surface area contributed by atoms with Gasteiger partial charge in [0, 0.05) is 35.8 Å². The second kappa shape index (κ2) is 8.68. The van der Waals surface area contributed by atoms with E-state index in [4.69, 9.17) is 4.98 Å². The zero-order valence-corrected chi connectivity index (χ0v) is 18.0. The normalized spacial score (nSPS) is 15.9. The zero-order valence-electron chi connectivity index (χ0n) is 17.2. The molecule has 2 aromatic carbocycles. The van der Waals surface area contributed by atoms with Gasteiger partial charge >= 0.3 is 0 Å². The molecule has 5 rings (SSSR count). The van der Waals surface area contributed by atoms with Crippen LogP contribution >= 0.6 is 11.8 Å². The zero-order chi connectivity index (χ0) is 20.3. The van der Waals surface area contributed by atoms with E-state index in [1.165, 1.54) is 35.5 Å². The third-order valence-corrected chi connectivity index (χ3v) is 7.09. The maximum atomic E-state index is 12.6. The fourth-order valence-electron chi connectivity index (χ4n) is 4.45. The molecule has 0 spiro atoms. The predicted octanol–water partition coefficient (Wildman–Crippen LogP) is 5.28. The van der Waals surface area contributed by atoms with Crippen molar-refractivity contribution in [2.75, 3.05) is 13.1 Å². The van der Waals surface area contributed by atoms with Gasteiger partial charge in [-0.15, -0.1) is 0 Å². The lowest BCUT2D eigenvalue weighted by Crippen LogP contribution is -2.27. The number of carbonyl (C=O) groups is 1. The topological polar surface area (TPSA) is 38.1 Å². The van der Waals surface area contributed by atoms with Crippen LogP contribution in [0.1, 0.15) is 53.0 Å². The molecule has 30 heavy (non-hydrogen) atoms. The molecule has 1 aliphatic heterocycles. The van der Waals surface area contributed by atoms with Crippen LogP contribution in [0.15, 0.2) is 59.8 Å². The van der Waals surface area contributed by atoms with Crippen molar-refractivity contribution in [1.82, 2.24) is 14.5 Å². The average molecular weight is 418 g/mol. The molecule has 0 bridgehead atoms. The first-order valence-corrected chi connectivity index (χ1v) is 11.9. The molecule has 0 unspecified atom stereocenters. The first kappa shape index (κ1) is 19.4. The highest BCUT2D eigenvalue weighted by Gasteiger charge is 2.22. The van der Waals surface area contributed by atoms with Gasteiger partial charge in [-0.1, -0.05) is 42.1 Å². The maximum Gasteiger partial charge on any atom is 0.253 e. The fraction of sp³-hybridized carbons (Fsp3) is 0.360. The molecule has 1 aliphatic carbocycles. The Balaban J connectivity index is 1.34. The number of fused-ring (bicyclic) bond motifs is 1. The summed E-state index contributed by atoms with van der Waals surface area (Å²) < 4.78 is 2.35. The second-order valence-corrected chi connectivity index (χ2v) is 9.09. The number of likely N-dealkylation sites (tertiary alicyclic amines) is 1. The quantitative estimate of drug-likeness (QED) is 0.530. The molecule has 2 aliphatic rings. The van der Waals surface area contributed by atoms with Crippen LogP contribution in [0.25, 0.3) is 5.69 Å². The summed E-state index contributed by atoms with van der Waals surface area (Å²) in [6.07, 6.45) is 6.90. The van der Waals surface area contributed by atoms with Crippen molar-refractivity contribution >= 4 is 17.7 Å². The van der Waals surface area contributed by atoms with Crippen molar-refractivity contribution in [3.05, 3.63) is 77.1 Å². The van der Waals surface area contributed by atoms with Crippen LogP contribution in [-0.2, 0) is 18.6 Å². The van der Waals surface area contributed by atoms with Crippen molar-refractivity contribution < 1.29 is 4.79 Å². The van der Waals surface area contributed by atoms with Gasteiger partial charge < -0.3 is 4.90 Å². The van der Waals surface area contributed by atoms with Crippen LogP contribution in [0.2, 0.25) is 0 Å². The van der Waals surface area contributed by atoms with Gasteiger partial charge in [0.2, 0.25) is 0 Å². The Morgan fingerprint density at radius 3 is 2.40 bits per heavy atom. The summed E-state index contributed by atoms with van der Waals surface area (Å²) in [5.41, 5.74) is 5.85. The van der Waals surface area contributed by atoms with E-state index in [2.05, 4.69) is 47.0 Å². The van der Waals surface area contributed by atoms with Crippen molar-refractivity contribution in [1.29, 1.82) is 0 Å². The SMILES string of the molecule is O=C(c1ccc(CSc2nc3c(n2-c2ccccc2)CCCC3)cc1)N1CCCC1. The van der Waals surface area contributed by atoms with Crippen molar-refractivity contribution in [3.8, 4) is 5.69 Å². The molecule has 1 amide bonds. The number of imidazole rings is 1. The molecular weight excluding hydrogens is 390 g/mol. The van der Waals surface area contributed by atoms with E-state index >= 15 is 0 Å². The molecule has 2 heterocycles. The minimum Gasteiger partial charge on any atom is -0.339 e. The van der Waals surface area contributed by atoms with E-state index in [-0.39, 0.29) is 5.91 Å². The first-order chi connectivity index (χ1) is 14.8. The van der Waals surface area contributed by atoms with Gasteiger partial charge in [-0.05, 0) is 68.4 Å². The largest absolute Gasteiger partial charge is 0.339 e. The summed E-state index contributed by atoms with van der Waals surface area (Å²) in [5.74, 6) is 1.01. The first-order valence-electron chi connectivity index (χ1n) is 11.0. The van der Waals surface area contributed by atoms with E-state index in [0.717, 1.165) is 55.2 Å². The van der Waals surface area contributed by atoms with E-state index in [9.17, 15) is 4.79 Å². The number of amides is 1. The van der Waals surface area contributed by atoms with Gasteiger partial charge in [-0.3, -0.25) is 9.36 Å². The second-order valence-electron chi connectivity index (χ2n) is 8.15. The van der Waals surface area contributed by atoms with E-state index in [1.54, 1.807) is 11.8 Å². The number of hydrogen-bond donors (Lipinski definition) is 0. The number of para-hydroxylation sites is 1. The summed E-state index contributed by atoms with van der Waals surface area (Å²) in [4.78, 5) is 19.5. The Labute approximate surface area is 182 Å². The van der Waals surface area contributed by atoms with Gasteiger partial charge in [0.05, 0.1) is 5.69 Å². The number of rotatable bonds is 5. The number of aryl methyl sites for hydroxylation is 1. The molecule has 4 nitrogen and oxygen atoms in total. The number of nitrogens with zero attached hydrogens (tertiary/aromatic N) is 3. The molecule has 154 valence electrons. The molecule has 5 heteroatoms. The number of benzene rings is 2. The lowest BCUT2D eigenvalue weighted by molar-refractivity contribution is 0.0793. The van der Waals surface area contributed by atoms with Crippen molar-refractivity contribution in [2.24, 2.45) is 0 Å². The van der Waals surface area contributed by atoms with Gasteiger partial charge in [0.25, 0.3) is 5.91 Å². The highest BCUT2D eigenvalue weighted by molar-refractivity contribution is 7.98. The minimum atomic E-state index is 0.166. The lowest BCUT2D eigenvalue weighted by Gasteiger charge is -2.16. The maximum absolute atomic E-state index is 12.6. The molecule has 1 aromatic heterocycles. The summed E-state index contributed by atoms with van der Waals surface area (Å²) in [6, 6.07) is 18.7. The highest BCUT2D eigenvalue weighted by Crippen LogP contribution is 2.32. The van der Waals surface area contributed by atoms with Crippen LogP contribution in [0.4, 0.5) is 0 Å². The molecule has 0 saturated carbocycles. The molecule has 1 saturated heterocycles. The van der Waals surface area contributed by atoms with E-state index in [1.807, 2.05) is 17.0 Å². The Kier molecular flexibility index (Phi) is 5.63. The van der Waals surface area contributed by atoms with Crippen molar-refractivity contribution in [2.45, 2.75) is 49.4 Å². The highest BCUT2D eigenvalue weighted by atomic mass is 32.2. The number of thioether (sulfide) groups is 1. The summed E-state index contributed by atoms with van der Waals surface area (Å²) in [7, 11) is 0. The van der Waals surface area contributed by atoms with Crippen LogP contribution < -0.4 is 0 Å². The third-order valence-electron chi connectivity index (χ3n) is 6.08. The Hall–Kier alpha value is -2.53. The molecule has 0 radical (unpaired) electrons. The van der Waals surface area contributed by atoms with Gasteiger partial charge in [-0.25, -0.2) is 4.98 Å². The average Bonchev–Trinajstić information content (AvgIpc) is 3.46. The van der Waals surface area contributed by atoms with Gasteiger partial charge in [0.1, 0.15) is 0 Å². The third kappa shape index (κ3) is 3.91. The molecular formula is C25H27N3OS. The Bertz CT molecular complexity index is 1020. The number of carbonyl (C=O) groups excluding carboxylic acids is 1. The molecule has 3 aromatic rings.